The molecule has 4 nitrogen and oxygen atoms in total. The fourth-order valence-corrected chi connectivity index (χ4v) is 5.72. The van der Waals surface area contributed by atoms with Gasteiger partial charge in [-0.25, -0.2) is 0 Å². The lowest BCUT2D eigenvalue weighted by Crippen LogP contribution is -2.47. The third kappa shape index (κ3) is 29.1. The van der Waals surface area contributed by atoms with E-state index in [-0.39, 0.29) is 6.61 Å². The Morgan fingerprint density at radius 3 is 1.00 bits per heavy atom. The Kier molecular flexibility index (Phi) is 32.2. The van der Waals surface area contributed by atoms with Gasteiger partial charge in [0.15, 0.2) is 0 Å². The lowest BCUT2D eigenvalue weighted by Gasteiger charge is -2.25. The SMILES string of the molecule is CCCCCCCCCCCCCCCCCC(O)NC(CO)C(O)CCCCCCCCCCCCCC. The molecular formula is C35H73NO3. The van der Waals surface area contributed by atoms with Crippen LogP contribution in [0.4, 0.5) is 0 Å². The zero-order chi connectivity index (χ0) is 28.7. The van der Waals surface area contributed by atoms with Gasteiger partial charge in [-0.05, 0) is 19.3 Å². The Hall–Kier alpha value is -0.160. The molecule has 39 heavy (non-hydrogen) atoms. The lowest BCUT2D eigenvalue weighted by atomic mass is 10.0. The molecule has 0 saturated heterocycles. The molecule has 0 aliphatic heterocycles. The number of hydrogen-bond acceptors (Lipinski definition) is 4. The maximum atomic E-state index is 10.5. The first-order chi connectivity index (χ1) is 19.2. The van der Waals surface area contributed by atoms with Crippen LogP contribution >= 0.6 is 0 Å². The van der Waals surface area contributed by atoms with Gasteiger partial charge in [0.1, 0.15) is 6.23 Å². The van der Waals surface area contributed by atoms with Crippen LogP contribution in [0.25, 0.3) is 0 Å². The molecule has 0 aliphatic rings. The first-order valence-electron chi connectivity index (χ1n) is 17.9. The summed E-state index contributed by atoms with van der Waals surface area (Å²) >= 11 is 0. The second kappa shape index (κ2) is 32.4. The van der Waals surface area contributed by atoms with E-state index in [1.165, 1.54) is 148 Å². The first-order valence-corrected chi connectivity index (χ1v) is 17.9. The summed E-state index contributed by atoms with van der Waals surface area (Å²) in [6.07, 6.45) is 35.9. The van der Waals surface area contributed by atoms with Gasteiger partial charge < -0.3 is 15.3 Å². The minimum absolute atomic E-state index is 0.130. The summed E-state index contributed by atoms with van der Waals surface area (Å²) in [5.41, 5.74) is 0. The molecule has 0 amide bonds. The van der Waals surface area contributed by atoms with Crippen molar-refractivity contribution < 1.29 is 15.3 Å². The van der Waals surface area contributed by atoms with Crippen LogP contribution in [0.5, 0.6) is 0 Å². The third-order valence-electron chi connectivity index (χ3n) is 8.50. The molecule has 4 N–H and O–H groups in total. The van der Waals surface area contributed by atoms with Gasteiger partial charge in [-0.1, -0.05) is 181 Å². The summed E-state index contributed by atoms with van der Waals surface area (Å²) in [7, 11) is 0. The van der Waals surface area contributed by atoms with Crippen molar-refractivity contribution in [3.8, 4) is 0 Å². The summed E-state index contributed by atoms with van der Waals surface area (Å²) in [4.78, 5) is 0. The minimum Gasteiger partial charge on any atom is -0.395 e. The molecule has 0 aromatic heterocycles. The number of unbranched alkanes of at least 4 members (excludes halogenated alkanes) is 25. The van der Waals surface area contributed by atoms with Gasteiger partial charge in [-0.2, -0.15) is 0 Å². The molecule has 0 fully saturated rings. The predicted molar refractivity (Wildman–Crippen MR) is 171 cm³/mol. The summed E-state index contributed by atoms with van der Waals surface area (Å²) in [5.74, 6) is 0. The van der Waals surface area contributed by atoms with E-state index >= 15 is 0 Å². The maximum Gasteiger partial charge on any atom is 0.105 e. The fraction of sp³-hybridized carbons (Fsp3) is 1.00. The zero-order valence-corrected chi connectivity index (χ0v) is 26.8. The van der Waals surface area contributed by atoms with Crippen LogP contribution in [0.3, 0.4) is 0 Å². The normalized spacial score (nSPS) is 14.1. The number of rotatable bonds is 33. The van der Waals surface area contributed by atoms with Crippen molar-refractivity contribution >= 4 is 0 Å². The summed E-state index contributed by atoms with van der Waals surface area (Å²) < 4.78 is 0. The van der Waals surface area contributed by atoms with Crippen molar-refractivity contribution in [1.29, 1.82) is 0 Å². The zero-order valence-electron chi connectivity index (χ0n) is 26.8. The molecule has 3 atom stereocenters. The Morgan fingerprint density at radius 1 is 0.410 bits per heavy atom. The second-order valence-corrected chi connectivity index (χ2v) is 12.5. The standard InChI is InChI=1S/C35H73NO3/c1-3-5-7-9-11-13-15-17-18-19-21-23-25-27-29-31-35(39)36-33(32-37)34(38)30-28-26-24-22-20-16-14-12-10-8-6-4-2/h33-39H,3-32H2,1-2H3. The van der Waals surface area contributed by atoms with Crippen molar-refractivity contribution in [2.75, 3.05) is 6.61 Å². The highest BCUT2D eigenvalue weighted by Gasteiger charge is 2.20. The van der Waals surface area contributed by atoms with Crippen molar-refractivity contribution in [3.05, 3.63) is 0 Å². The van der Waals surface area contributed by atoms with Crippen LogP contribution in [0.1, 0.15) is 200 Å². The van der Waals surface area contributed by atoms with Gasteiger partial charge in [0.2, 0.25) is 0 Å². The molecular weight excluding hydrogens is 482 g/mol. The van der Waals surface area contributed by atoms with E-state index in [4.69, 9.17) is 0 Å². The molecule has 0 bridgehead atoms. The highest BCUT2D eigenvalue weighted by atomic mass is 16.3. The second-order valence-electron chi connectivity index (χ2n) is 12.5. The Balaban J connectivity index is 3.52. The molecule has 4 heteroatoms. The van der Waals surface area contributed by atoms with E-state index < -0.39 is 18.4 Å². The number of aliphatic hydroxyl groups is 3. The van der Waals surface area contributed by atoms with Crippen LogP contribution < -0.4 is 5.32 Å². The van der Waals surface area contributed by atoms with Crippen LogP contribution in [0.15, 0.2) is 0 Å². The van der Waals surface area contributed by atoms with Crippen LogP contribution in [-0.4, -0.2) is 40.3 Å². The summed E-state index contributed by atoms with van der Waals surface area (Å²) in [6.45, 7) is 4.42. The molecule has 0 aliphatic carbocycles. The van der Waals surface area contributed by atoms with Gasteiger partial charge in [0.05, 0.1) is 18.8 Å². The van der Waals surface area contributed by atoms with Crippen molar-refractivity contribution in [2.24, 2.45) is 0 Å². The number of nitrogens with one attached hydrogen (secondary N) is 1. The minimum atomic E-state index is -0.638. The molecule has 0 rings (SSSR count). The summed E-state index contributed by atoms with van der Waals surface area (Å²) in [5, 5.41) is 33.6. The van der Waals surface area contributed by atoms with Gasteiger partial charge in [0.25, 0.3) is 0 Å². The molecule has 3 unspecified atom stereocenters. The average Bonchev–Trinajstić information content (AvgIpc) is 2.94. The predicted octanol–water partition coefficient (Wildman–Crippen LogP) is 9.97. The maximum absolute atomic E-state index is 10.5. The van der Waals surface area contributed by atoms with Crippen molar-refractivity contribution in [1.82, 2.24) is 5.32 Å². The molecule has 236 valence electrons. The Morgan fingerprint density at radius 2 is 0.692 bits per heavy atom. The van der Waals surface area contributed by atoms with Gasteiger partial charge in [-0.15, -0.1) is 0 Å². The van der Waals surface area contributed by atoms with Gasteiger partial charge in [0, 0.05) is 0 Å². The smallest absolute Gasteiger partial charge is 0.105 e. The molecule has 0 aromatic rings. The molecule has 0 spiro atoms. The van der Waals surface area contributed by atoms with E-state index in [1.54, 1.807) is 0 Å². The fourth-order valence-electron chi connectivity index (χ4n) is 5.72. The quantitative estimate of drug-likeness (QED) is 0.0480. The van der Waals surface area contributed by atoms with E-state index in [1.807, 2.05) is 0 Å². The molecule has 0 saturated carbocycles. The van der Waals surface area contributed by atoms with Crippen molar-refractivity contribution in [2.45, 2.75) is 218 Å². The van der Waals surface area contributed by atoms with E-state index in [0.29, 0.717) is 12.8 Å². The Labute approximate surface area is 245 Å². The first kappa shape index (κ1) is 38.8. The van der Waals surface area contributed by atoms with Crippen LogP contribution in [0, 0.1) is 0 Å². The van der Waals surface area contributed by atoms with Crippen LogP contribution in [0.2, 0.25) is 0 Å². The largest absolute Gasteiger partial charge is 0.395 e. The van der Waals surface area contributed by atoms with E-state index in [0.717, 1.165) is 25.7 Å². The monoisotopic (exact) mass is 556 g/mol. The van der Waals surface area contributed by atoms with E-state index in [2.05, 4.69) is 19.2 Å². The average molecular weight is 556 g/mol. The summed E-state index contributed by atoms with van der Waals surface area (Å²) in [6, 6.07) is -0.427. The number of aliphatic hydroxyl groups excluding tert-OH is 3. The van der Waals surface area contributed by atoms with Gasteiger partial charge in [-0.3, -0.25) is 5.32 Å². The molecule has 0 radical (unpaired) electrons. The van der Waals surface area contributed by atoms with E-state index in [9.17, 15) is 15.3 Å². The third-order valence-corrected chi connectivity index (χ3v) is 8.50. The van der Waals surface area contributed by atoms with Crippen LogP contribution in [-0.2, 0) is 0 Å². The van der Waals surface area contributed by atoms with Crippen molar-refractivity contribution in [3.63, 3.8) is 0 Å². The molecule has 0 aromatic carbocycles. The molecule has 0 heterocycles. The lowest BCUT2D eigenvalue weighted by molar-refractivity contribution is 0.0319. The highest BCUT2D eigenvalue weighted by Crippen LogP contribution is 2.16. The number of hydrogen-bond donors (Lipinski definition) is 4. The highest BCUT2D eigenvalue weighted by molar-refractivity contribution is 4.76. The topological polar surface area (TPSA) is 72.7 Å². The van der Waals surface area contributed by atoms with Gasteiger partial charge >= 0.3 is 0 Å². The Bertz CT molecular complexity index is 448.